The molecule has 0 saturated carbocycles. The second-order valence-corrected chi connectivity index (χ2v) is 6.96. The van der Waals surface area contributed by atoms with E-state index < -0.39 is 18.5 Å². The van der Waals surface area contributed by atoms with Crippen molar-refractivity contribution in [3.63, 3.8) is 0 Å². The van der Waals surface area contributed by atoms with Gasteiger partial charge in [0.05, 0.1) is 12.8 Å². The molecule has 28 heavy (non-hydrogen) atoms. The molecule has 0 bridgehead atoms. The molecule has 0 spiro atoms. The fraction of sp³-hybridized carbons (Fsp3) is 0.250. The third-order valence-electron chi connectivity index (χ3n) is 4.24. The minimum Gasteiger partial charge on any atom is -0.497 e. The molecule has 0 radical (unpaired) electrons. The molecule has 7 nitrogen and oxygen atoms in total. The SMILES string of the molecule is COc1ccc(-c2csc(NC(=O)COC(=O)c3c(C)oc(C)c3C)n2)cc1. The number of ether oxygens (including phenoxy) is 2. The molecule has 0 unspecified atom stereocenters. The number of aromatic nitrogens is 1. The molecule has 0 aliphatic carbocycles. The van der Waals surface area contributed by atoms with Crippen molar-refractivity contribution < 1.29 is 23.5 Å². The van der Waals surface area contributed by atoms with E-state index in [1.165, 1.54) is 11.3 Å². The zero-order chi connectivity index (χ0) is 20.3. The maximum absolute atomic E-state index is 12.2. The number of methoxy groups -OCH3 is 1. The summed E-state index contributed by atoms with van der Waals surface area (Å²) in [4.78, 5) is 28.7. The van der Waals surface area contributed by atoms with Crippen molar-refractivity contribution in [1.82, 2.24) is 4.98 Å². The van der Waals surface area contributed by atoms with Gasteiger partial charge in [-0.25, -0.2) is 9.78 Å². The maximum atomic E-state index is 12.2. The van der Waals surface area contributed by atoms with Gasteiger partial charge < -0.3 is 13.9 Å². The lowest BCUT2D eigenvalue weighted by atomic mass is 10.1. The highest BCUT2D eigenvalue weighted by Gasteiger charge is 2.21. The Hall–Kier alpha value is -3.13. The number of carbonyl (C=O) groups is 2. The van der Waals surface area contributed by atoms with Crippen molar-refractivity contribution in [3.8, 4) is 17.0 Å². The van der Waals surface area contributed by atoms with Gasteiger partial charge in [0.2, 0.25) is 0 Å². The van der Waals surface area contributed by atoms with E-state index in [1.54, 1.807) is 27.9 Å². The molecular formula is C20H20N2O5S. The number of aryl methyl sites for hydroxylation is 2. The van der Waals surface area contributed by atoms with Crippen LogP contribution in [0.25, 0.3) is 11.3 Å². The Morgan fingerprint density at radius 3 is 2.46 bits per heavy atom. The molecule has 3 aromatic rings. The lowest BCUT2D eigenvalue weighted by molar-refractivity contribution is -0.119. The number of hydrogen-bond donors (Lipinski definition) is 1. The summed E-state index contributed by atoms with van der Waals surface area (Å²) in [6, 6.07) is 7.46. The Labute approximate surface area is 166 Å². The van der Waals surface area contributed by atoms with E-state index in [9.17, 15) is 9.59 Å². The fourth-order valence-electron chi connectivity index (χ4n) is 2.68. The Bertz CT molecular complexity index is 1000. The van der Waals surface area contributed by atoms with Crippen molar-refractivity contribution in [1.29, 1.82) is 0 Å². The van der Waals surface area contributed by atoms with E-state index in [0.717, 1.165) is 17.0 Å². The molecule has 1 aromatic carbocycles. The van der Waals surface area contributed by atoms with Crippen molar-refractivity contribution in [2.45, 2.75) is 20.8 Å². The monoisotopic (exact) mass is 400 g/mol. The molecule has 2 aromatic heterocycles. The maximum Gasteiger partial charge on any atom is 0.342 e. The summed E-state index contributed by atoms with van der Waals surface area (Å²) in [5.41, 5.74) is 2.72. The van der Waals surface area contributed by atoms with Crippen molar-refractivity contribution >= 4 is 28.3 Å². The second kappa shape index (κ2) is 8.26. The van der Waals surface area contributed by atoms with Crippen LogP contribution in [0, 0.1) is 20.8 Å². The summed E-state index contributed by atoms with van der Waals surface area (Å²) in [6.07, 6.45) is 0. The molecule has 1 N–H and O–H groups in total. The first-order valence-electron chi connectivity index (χ1n) is 8.52. The van der Waals surface area contributed by atoms with E-state index >= 15 is 0 Å². The Morgan fingerprint density at radius 1 is 1.14 bits per heavy atom. The number of rotatable bonds is 6. The first kappa shape index (κ1) is 19.6. The van der Waals surface area contributed by atoms with Crippen LogP contribution in [0.2, 0.25) is 0 Å². The van der Waals surface area contributed by atoms with E-state index in [1.807, 2.05) is 29.6 Å². The van der Waals surface area contributed by atoms with E-state index in [-0.39, 0.29) is 0 Å². The Kier molecular flexibility index (Phi) is 5.79. The van der Waals surface area contributed by atoms with Gasteiger partial charge in [-0.3, -0.25) is 10.1 Å². The van der Waals surface area contributed by atoms with Crippen molar-refractivity contribution in [3.05, 3.63) is 52.3 Å². The number of furan rings is 1. The number of nitrogens with one attached hydrogen (secondary N) is 1. The minimum atomic E-state index is -0.583. The Morgan fingerprint density at radius 2 is 1.86 bits per heavy atom. The quantitative estimate of drug-likeness (QED) is 0.626. The van der Waals surface area contributed by atoms with Gasteiger partial charge in [-0.15, -0.1) is 11.3 Å². The minimum absolute atomic E-state index is 0.362. The normalized spacial score (nSPS) is 10.6. The van der Waals surface area contributed by atoms with E-state index in [2.05, 4.69) is 10.3 Å². The third kappa shape index (κ3) is 4.23. The van der Waals surface area contributed by atoms with Crippen LogP contribution in [-0.2, 0) is 9.53 Å². The fourth-order valence-corrected chi connectivity index (χ4v) is 3.41. The first-order valence-corrected chi connectivity index (χ1v) is 9.40. The van der Waals surface area contributed by atoms with Crippen LogP contribution in [0.15, 0.2) is 34.1 Å². The highest BCUT2D eigenvalue weighted by molar-refractivity contribution is 7.14. The summed E-state index contributed by atoms with van der Waals surface area (Å²) in [6.45, 7) is 4.83. The average molecular weight is 400 g/mol. The van der Waals surface area contributed by atoms with Crippen LogP contribution < -0.4 is 10.1 Å². The van der Waals surface area contributed by atoms with E-state index in [4.69, 9.17) is 13.9 Å². The molecule has 0 aliphatic heterocycles. The third-order valence-corrected chi connectivity index (χ3v) is 4.99. The number of amides is 1. The molecule has 2 heterocycles. The average Bonchev–Trinajstić information content (AvgIpc) is 3.24. The van der Waals surface area contributed by atoms with Gasteiger partial charge in [0, 0.05) is 16.5 Å². The summed E-state index contributed by atoms with van der Waals surface area (Å²) < 4.78 is 15.7. The van der Waals surface area contributed by atoms with Crippen LogP contribution in [0.1, 0.15) is 27.4 Å². The van der Waals surface area contributed by atoms with Crippen LogP contribution >= 0.6 is 11.3 Å². The summed E-state index contributed by atoms with van der Waals surface area (Å²) in [5, 5.41) is 4.91. The predicted octanol–water partition coefficient (Wildman–Crippen LogP) is 4.13. The molecule has 3 rings (SSSR count). The largest absolute Gasteiger partial charge is 0.497 e. The molecule has 0 saturated heterocycles. The zero-order valence-corrected chi connectivity index (χ0v) is 16.8. The lowest BCUT2D eigenvalue weighted by Gasteiger charge is -2.05. The summed E-state index contributed by atoms with van der Waals surface area (Å²) >= 11 is 1.29. The van der Waals surface area contributed by atoms with E-state index in [0.29, 0.717) is 27.8 Å². The molecule has 146 valence electrons. The van der Waals surface area contributed by atoms with Gasteiger partial charge in [0.15, 0.2) is 11.7 Å². The number of anilines is 1. The van der Waals surface area contributed by atoms with Crippen LogP contribution in [0.5, 0.6) is 5.75 Å². The predicted molar refractivity (Wildman–Crippen MR) is 106 cm³/mol. The van der Waals surface area contributed by atoms with Crippen molar-refractivity contribution in [2.24, 2.45) is 0 Å². The van der Waals surface area contributed by atoms with Gasteiger partial charge >= 0.3 is 5.97 Å². The molecular weight excluding hydrogens is 380 g/mol. The van der Waals surface area contributed by atoms with Gasteiger partial charge in [-0.1, -0.05) is 0 Å². The van der Waals surface area contributed by atoms with Crippen LogP contribution in [0.3, 0.4) is 0 Å². The number of thiazole rings is 1. The first-order chi connectivity index (χ1) is 13.4. The second-order valence-electron chi connectivity index (χ2n) is 6.11. The van der Waals surface area contributed by atoms with Gasteiger partial charge in [-0.05, 0) is 45.0 Å². The molecule has 0 fully saturated rings. The molecule has 0 aliphatic rings. The number of esters is 1. The van der Waals surface area contributed by atoms with Gasteiger partial charge in [-0.2, -0.15) is 0 Å². The molecule has 0 atom stereocenters. The topological polar surface area (TPSA) is 90.7 Å². The van der Waals surface area contributed by atoms with Crippen molar-refractivity contribution in [2.75, 3.05) is 19.0 Å². The standard InChI is InChI=1S/C20H20N2O5S/c1-11-12(2)27-13(3)18(11)19(24)26-9-17(23)22-20-21-16(10-28-20)14-5-7-15(25-4)8-6-14/h5-8,10H,9H2,1-4H3,(H,21,22,23). The number of benzene rings is 1. The smallest absolute Gasteiger partial charge is 0.342 e. The zero-order valence-electron chi connectivity index (χ0n) is 16.0. The summed E-state index contributed by atoms with van der Waals surface area (Å²) in [5.74, 6) is 0.847. The molecule has 1 amide bonds. The molecule has 8 heteroatoms. The van der Waals surface area contributed by atoms with Crippen LogP contribution in [-0.4, -0.2) is 30.6 Å². The Balaban J connectivity index is 1.58. The number of hydrogen-bond acceptors (Lipinski definition) is 7. The van der Waals surface area contributed by atoms with Gasteiger partial charge in [0.25, 0.3) is 5.91 Å². The van der Waals surface area contributed by atoms with Gasteiger partial charge in [0.1, 0.15) is 22.8 Å². The highest BCUT2D eigenvalue weighted by Crippen LogP contribution is 2.26. The van der Waals surface area contributed by atoms with Crippen LogP contribution in [0.4, 0.5) is 5.13 Å². The lowest BCUT2D eigenvalue weighted by Crippen LogP contribution is -2.21. The number of nitrogens with zero attached hydrogens (tertiary/aromatic N) is 1. The highest BCUT2D eigenvalue weighted by atomic mass is 32.1. The number of carbonyl (C=O) groups excluding carboxylic acids is 2. The summed E-state index contributed by atoms with van der Waals surface area (Å²) in [7, 11) is 1.61.